The number of benzene rings is 2. The van der Waals surface area contributed by atoms with E-state index < -0.39 is 0 Å². The number of hydrogen-bond acceptors (Lipinski definition) is 2. The van der Waals surface area contributed by atoms with E-state index in [2.05, 4.69) is 72.6 Å². The Kier molecular flexibility index (Phi) is 8.28. The van der Waals surface area contributed by atoms with Crippen molar-refractivity contribution in [3.05, 3.63) is 71.8 Å². The van der Waals surface area contributed by atoms with Crippen LogP contribution in [0.3, 0.4) is 0 Å². The van der Waals surface area contributed by atoms with E-state index in [0.29, 0.717) is 6.10 Å². The zero-order valence-electron chi connectivity index (χ0n) is 13.5. The standard InChI is InChI=1S/C19H23NO.ClH.H2O/c1-20-14-12-18(13-15-20)21-19(16-8-4-2-5-9-16)17-10-6-3-7-11-17;;/h2-11,18-19H,12-15H2,1H3;1H;1H2. The smallest absolute Gasteiger partial charge is 0.108 e. The summed E-state index contributed by atoms with van der Waals surface area (Å²) in [6.07, 6.45) is 2.63. The molecule has 0 spiro atoms. The van der Waals surface area contributed by atoms with Gasteiger partial charge in [0.1, 0.15) is 6.10 Å². The molecular formula is C19H26ClNO2. The van der Waals surface area contributed by atoms with Crippen LogP contribution in [0.25, 0.3) is 0 Å². The first-order chi connectivity index (χ1) is 10.3. The molecule has 0 radical (unpaired) electrons. The van der Waals surface area contributed by atoms with E-state index in [1.807, 2.05) is 0 Å². The van der Waals surface area contributed by atoms with Crippen LogP contribution >= 0.6 is 12.4 Å². The van der Waals surface area contributed by atoms with Crippen molar-refractivity contribution in [2.45, 2.75) is 25.0 Å². The molecule has 1 saturated heterocycles. The predicted octanol–water partition coefficient (Wildman–Crippen LogP) is 3.48. The fourth-order valence-electron chi connectivity index (χ4n) is 2.92. The van der Waals surface area contributed by atoms with Gasteiger partial charge in [-0.1, -0.05) is 60.7 Å². The normalized spacial score (nSPS) is 15.7. The average molecular weight is 336 g/mol. The van der Waals surface area contributed by atoms with Crippen molar-refractivity contribution < 1.29 is 10.2 Å². The van der Waals surface area contributed by atoms with Gasteiger partial charge in [0.05, 0.1) is 6.10 Å². The number of hydrogen-bond donors (Lipinski definition) is 0. The van der Waals surface area contributed by atoms with Crippen molar-refractivity contribution >= 4 is 12.4 Å². The van der Waals surface area contributed by atoms with E-state index in [9.17, 15) is 0 Å². The molecule has 1 aliphatic rings. The fraction of sp³-hybridized carbons (Fsp3) is 0.368. The summed E-state index contributed by atoms with van der Waals surface area (Å²) < 4.78 is 6.49. The lowest BCUT2D eigenvalue weighted by Gasteiger charge is -2.32. The molecule has 2 N–H and O–H groups in total. The van der Waals surface area contributed by atoms with Crippen LogP contribution in [0, 0.1) is 0 Å². The van der Waals surface area contributed by atoms with Gasteiger partial charge in [0, 0.05) is 13.1 Å². The quantitative estimate of drug-likeness (QED) is 0.858. The molecule has 1 heterocycles. The Bertz CT molecular complexity index is 502. The first-order valence-electron chi connectivity index (χ1n) is 7.77. The first kappa shape index (κ1) is 19.7. The lowest BCUT2D eigenvalue weighted by Crippen LogP contribution is -2.35. The van der Waals surface area contributed by atoms with Crippen molar-refractivity contribution in [2.75, 3.05) is 20.1 Å². The predicted molar refractivity (Wildman–Crippen MR) is 97.2 cm³/mol. The van der Waals surface area contributed by atoms with Gasteiger partial charge in [0.25, 0.3) is 0 Å². The summed E-state index contributed by atoms with van der Waals surface area (Å²) in [6, 6.07) is 21.1. The molecule has 3 rings (SSSR count). The van der Waals surface area contributed by atoms with Crippen LogP contribution in [0.5, 0.6) is 0 Å². The highest BCUT2D eigenvalue weighted by Crippen LogP contribution is 2.29. The highest BCUT2D eigenvalue weighted by atomic mass is 35.5. The summed E-state index contributed by atoms with van der Waals surface area (Å²) in [4.78, 5) is 2.37. The second kappa shape index (κ2) is 9.68. The Hall–Kier alpha value is -1.39. The minimum absolute atomic E-state index is 0. The third-order valence-corrected chi connectivity index (χ3v) is 4.20. The van der Waals surface area contributed by atoms with Crippen LogP contribution in [0.4, 0.5) is 0 Å². The highest BCUT2D eigenvalue weighted by molar-refractivity contribution is 5.85. The van der Waals surface area contributed by atoms with Crippen molar-refractivity contribution in [2.24, 2.45) is 0 Å². The Morgan fingerprint density at radius 2 is 1.30 bits per heavy atom. The fourth-order valence-corrected chi connectivity index (χ4v) is 2.92. The molecule has 0 aromatic heterocycles. The molecule has 2 aromatic rings. The molecule has 0 atom stereocenters. The van der Waals surface area contributed by atoms with Crippen LogP contribution in [0.1, 0.15) is 30.1 Å². The lowest BCUT2D eigenvalue weighted by atomic mass is 10.00. The molecule has 0 bridgehead atoms. The van der Waals surface area contributed by atoms with E-state index in [-0.39, 0.29) is 24.0 Å². The van der Waals surface area contributed by atoms with Crippen molar-refractivity contribution in [1.29, 1.82) is 0 Å². The number of ether oxygens (including phenoxy) is 1. The molecule has 126 valence electrons. The maximum absolute atomic E-state index is 6.49. The second-order valence-electron chi connectivity index (χ2n) is 5.84. The number of rotatable bonds is 4. The molecule has 0 saturated carbocycles. The van der Waals surface area contributed by atoms with E-state index in [1.54, 1.807) is 0 Å². The Balaban J connectivity index is 0.00000132. The monoisotopic (exact) mass is 335 g/mol. The number of nitrogens with zero attached hydrogens (tertiary/aromatic N) is 1. The van der Waals surface area contributed by atoms with Gasteiger partial charge in [-0.25, -0.2) is 0 Å². The topological polar surface area (TPSA) is 44.0 Å². The molecule has 1 fully saturated rings. The van der Waals surface area contributed by atoms with E-state index in [4.69, 9.17) is 4.74 Å². The average Bonchev–Trinajstić information content (AvgIpc) is 2.56. The Labute approximate surface area is 145 Å². The minimum atomic E-state index is 0. The largest absolute Gasteiger partial charge is 0.412 e. The van der Waals surface area contributed by atoms with E-state index in [0.717, 1.165) is 25.9 Å². The van der Waals surface area contributed by atoms with Crippen LogP contribution in [-0.2, 0) is 4.74 Å². The van der Waals surface area contributed by atoms with Gasteiger partial charge >= 0.3 is 0 Å². The first-order valence-corrected chi connectivity index (χ1v) is 7.77. The second-order valence-corrected chi connectivity index (χ2v) is 5.84. The summed E-state index contributed by atoms with van der Waals surface area (Å²) in [5.41, 5.74) is 2.48. The van der Waals surface area contributed by atoms with Crippen LogP contribution in [0.15, 0.2) is 60.7 Å². The Morgan fingerprint density at radius 3 is 1.74 bits per heavy atom. The minimum Gasteiger partial charge on any atom is -0.412 e. The Morgan fingerprint density at radius 1 is 0.870 bits per heavy atom. The molecule has 0 unspecified atom stereocenters. The molecule has 2 aromatic carbocycles. The summed E-state index contributed by atoms with van der Waals surface area (Å²) in [7, 11) is 2.18. The molecule has 0 amide bonds. The van der Waals surface area contributed by atoms with Crippen molar-refractivity contribution in [1.82, 2.24) is 4.90 Å². The van der Waals surface area contributed by atoms with Gasteiger partial charge in [-0.05, 0) is 31.0 Å². The van der Waals surface area contributed by atoms with E-state index >= 15 is 0 Å². The van der Waals surface area contributed by atoms with Crippen molar-refractivity contribution in [3.63, 3.8) is 0 Å². The van der Waals surface area contributed by atoms with Crippen molar-refractivity contribution in [3.8, 4) is 0 Å². The number of piperidine rings is 1. The molecule has 4 heteroatoms. The third kappa shape index (κ3) is 5.33. The number of halogens is 1. The SMILES string of the molecule is CN1CCC(OC(c2ccccc2)c2ccccc2)CC1.Cl.O. The maximum atomic E-state index is 6.49. The van der Waals surface area contributed by atoms with Gasteiger partial charge in [-0.3, -0.25) is 0 Å². The van der Waals surface area contributed by atoms with Crippen LogP contribution in [-0.4, -0.2) is 36.6 Å². The summed E-state index contributed by atoms with van der Waals surface area (Å²) in [6.45, 7) is 2.25. The van der Waals surface area contributed by atoms with E-state index in [1.165, 1.54) is 11.1 Å². The zero-order valence-corrected chi connectivity index (χ0v) is 14.3. The molecule has 3 nitrogen and oxygen atoms in total. The van der Waals surface area contributed by atoms with Crippen LogP contribution < -0.4 is 0 Å². The maximum Gasteiger partial charge on any atom is 0.108 e. The molecule has 0 aliphatic carbocycles. The molecule has 23 heavy (non-hydrogen) atoms. The van der Waals surface area contributed by atoms with Gasteiger partial charge in [-0.2, -0.15) is 0 Å². The summed E-state index contributed by atoms with van der Waals surface area (Å²) >= 11 is 0. The lowest BCUT2D eigenvalue weighted by molar-refractivity contribution is -0.0234. The summed E-state index contributed by atoms with van der Waals surface area (Å²) in [5, 5.41) is 0. The van der Waals surface area contributed by atoms with Gasteiger partial charge in [0.15, 0.2) is 0 Å². The number of likely N-dealkylation sites (tertiary alicyclic amines) is 1. The molecule has 1 aliphatic heterocycles. The third-order valence-electron chi connectivity index (χ3n) is 4.20. The highest BCUT2D eigenvalue weighted by Gasteiger charge is 2.23. The van der Waals surface area contributed by atoms with Crippen LogP contribution in [0.2, 0.25) is 0 Å². The zero-order chi connectivity index (χ0) is 14.5. The van der Waals surface area contributed by atoms with Gasteiger partial charge < -0.3 is 15.1 Å². The summed E-state index contributed by atoms with van der Waals surface area (Å²) in [5.74, 6) is 0. The van der Waals surface area contributed by atoms with Gasteiger partial charge in [0.2, 0.25) is 0 Å². The molecular weight excluding hydrogens is 310 g/mol. The van der Waals surface area contributed by atoms with Gasteiger partial charge in [-0.15, -0.1) is 12.4 Å².